The molecule has 0 fully saturated rings. The number of anilines is 1. The van der Waals surface area contributed by atoms with Crippen LogP contribution in [0.25, 0.3) is 11.3 Å². The van der Waals surface area contributed by atoms with Gasteiger partial charge in [-0.05, 0) is 42.3 Å². The van der Waals surface area contributed by atoms with Crippen molar-refractivity contribution in [2.45, 2.75) is 32.6 Å². The normalized spacial score (nSPS) is 10.9. The SMILES string of the molecule is CCCCCCOc1ccc(/C=N\Nc2nc(-c3ccccc3OC)cs2)cc1OC. The molecule has 0 atom stereocenters. The van der Waals surface area contributed by atoms with Crippen LogP contribution in [0.4, 0.5) is 5.13 Å². The number of unbranched alkanes of at least 4 members (excludes halogenated alkanes) is 3. The molecule has 1 N–H and O–H groups in total. The Bertz CT molecular complexity index is 988. The maximum Gasteiger partial charge on any atom is 0.203 e. The van der Waals surface area contributed by atoms with Crippen LogP contribution in [0.2, 0.25) is 0 Å². The first-order chi connectivity index (χ1) is 15.2. The molecule has 1 heterocycles. The summed E-state index contributed by atoms with van der Waals surface area (Å²) in [7, 11) is 3.30. The maximum absolute atomic E-state index is 5.86. The van der Waals surface area contributed by atoms with Gasteiger partial charge in [-0.25, -0.2) is 4.98 Å². The van der Waals surface area contributed by atoms with Gasteiger partial charge in [-0.3, -0.25) is 5.43 Å². The van der Waals surface area contributed by atoms with Crippen molar-refractivity contribution in [1.82, 2.24) is 4.98 Å². The van der Waals surface area contributed by atoms with E-state index in [-0.39, 0.29) is 0 Å². The van der Waals surface area contributed by atoms with Gasteiger partial charge in [0.1, 0.15) is 5.75 Å². The first-order valence-electron chi connectivity index (χ1n) is 10.4. The third kappa shape index (κ3) is 6.46. The molecule has 0 aliphatic heterocycles. The summed E-state index contributed by atoms with van der Waals surface area (Å²) in [5.74, 6) is 2.25. The van der Waals surface area contributed by atoms with Crippen molar-refractivity contribution in [1.29, 1.82) is 0 Å². The van der Waals surface area contributed by atoms with Gasteiger partial charge in [0, 0.05) is 10.9 Å². The third-order valence-corrected chi connectivity index (χ3v) is 5.45. The summed E-state index contributed by atoms with van der Waals surface area (Å²) >= 11 is 1.49. The number of rotatable bonds is 12. The number of thiazole rings is 1. The quantitative estimate of drug-likeness (QED) is 0.206. The Morgan fingerprint density at radius 2 is 1.84 bits per heavy atom. The van der Waals surface area contributed by atoms with Crippen LogP contribution in [-0.2, 0) is 0 Å². The lowest BCUT2D eigenvalue weighted by molar-refractivity contribution is 0.285. The lowest BCUT2D eigenvalue weighted by atomic mass is 10.1. The van der Waals surface area contributed by atoms with Crippen LogP contribution in [-0.4, -0.2) is 32.0 Å². The molecule has 31 heavy (non-hydrogen) atoms. The van der Waals surface area contributed by atoms with Gasteiger partial charge < -0.3 is 14.2 Å². The highest BCUT2D eigenvalue weighted by atomic mass is 32.1. The molecule has 0 spiro atoms. The first-order valence-corrected chi connectivity index (χ1v) is 11.3. The van der Waals surface area contributed by atoms with E-state index in [1.807, 2.05) is 47.8 Å². The molecule has 3 aromatic rings. The number of ether oxygens (including phenoxy) is 3. The lowest BCUT2D eigenvalue weighted by Crippen LogP contribution is -2.00. The molecule has 0 amide bonds. The Balaban J connectivity index is 1.59. The average Bonchev–Trinajstić information content (AvgIpc) is 3.28. The van der Waals surface area contributed by atoms with Crippen molar-refractivity contribution in [3.8, 4) is 28.5 Å². The summed E-state index contributed by atoms with van der Waals surface area (Å²) in [5.41, 5.74) is 5.70. The molecule has 0 radical (unpaired) electrons. The number of nitrogens with zero attached hydrogens (tertiary/aromatic N) is 2. The fourth-order valence-electron chi connectivity index (χ4n) is 3.06. The Morgan fingerprint density at radius 1 is 1.00 bits per heavy atom. The zero-order chi connectivity index (χ0) is 21.9. The standard InChI is InChI=1S/C24H29N3O3S/c1-4-5-6-9-14-30-22-13-12-18(15-23(22)29-3)16-25-27-24-26-20(17-31-24)19-10-7-8-11-21(19)28-2/h7-8,10-13,15-17H,4-6,9,14H2,1-3H3,(H,26,27)/b25-16-. The molecule has 0 aliphatic rings. The van der Waals surface area contributed by atoms with Crippen molar-refractivity contribution >= 4 is 22.7 Å². The fraction of sp³-hybridized carbons (Fsp3) is 0.333. The van der Waals surface area contributed by atoms with E-state index < -0.39 is 0 Å². The van der Waals surface area contributed by atoms with Crippen LogP contribution in [0.1, 0.15) is 38.2 Å². The van der Waals surface area contributed by atoms with Crippen LogP contribution >= 0.6 is 11.3 Å². The number of nitrogens with one attached hydrogen (secondary N) is 1. The molecule has 6 nitrogen and oxygen atoms in total. The highest BCUT2D eigenvalue weighted by molar-refractivity contribution is 7.14. The fourth-order valence-corrected chi connectivity index (χ4v) is 3.72. The Kier molecular flexibility index (Phi) is 8.72. The summed E-state index contributed by atoms with van der Waals surface area (Å²) in [6, 6.07) is 13.6. The second-order valence-electron chi connectivity index (χ2n) is 6.93. The molecular formula is C24H29N3O3S. The maximum atomic E-state index is 5.86. The summed E-state index contributed by atoms with van der Waals surface area (Å²) in [5, 5.41) is 6.99. The predicted octanol–water partition coefficient (Wildman–Crippen LogP) is 6.23. The number of hydrazone groups is 1. The number of aromatic nitrogens is 1. The van der Waals surface area contributed by atoms with Crippen molar-refractivity contribution < 1.29 is 14.2 Å². The van der Waals surface area contributed by atoms with Crippen LogP contribution in [0.3, 0.4) is 0 Å². The second kappa shape index (κ2) is 12.0. The summed E-state index contributed by atoms with van der Waals surface area (Å²) < 4.78 is 16.8. The van der Waals surface area contributed by atoms with E-state index in [1.54, 1.807) is 20.4 Å². The number of hydrogen-bond donors (Lipinski definition) is 1. The van der Waals surface area contributed by atoms with Gasteiger partial charge in [0.05, 0.1) is 32.7 Å². The van der Waals surface area contributed by atoms with E-state index in [9.17, 15) is 0 Å². The van der Waals surface area contributed by atoms with Gasteiger partial charge in [0.2, 0.25) is 5.13 Å². The number of hydrogen-bond acceptors (Lipinski definition) is 7. The molecule has 0 saturated heterocycles. The van der Waals surface area contributed by atoms with Gasteiger partial charge in [-0.1, -0.05) is 38.3 Å². The molecule has 1 aromatic heterocycles. The van der Waals surface area contributed by atoms with Crippen LogP contribution in [0.15, 0.2) is 52.9 Å². The summed E-state index contributed by atoms with van der Waals surface area (Å²) in [6.45, 7) is 2.90. The number of methoxy groups -OCH3 is 2. The average molecular weight is 440 g/mol. The van der Waals surface area contributed by atoms with Gasteiger partial charge in [-0.2, -0.15) is 5.10 Å². The van der Waals surface area contributed by atoms with Gasteiger partial charge in [-0.15, -0.1) is 11.3 Å². The predicted molar refractivity (Wildman–Crippen MR) is 128 cm³/mol. The van der Waals surface area contributed by atoms with Gasteiger partial charge in [0.15, 0.2) is 11.5 Å². The smallest absolute Gasteiger partial charge is 0.203 e. The Morgan fingerprint density at radius 3 is 2.65 bits per heavy atom. The topological polar surface area (TPSA) is 65.0 Å². The van der Waals surface area contributed by atoms with E-state index >= 15 is 0 Å². The number of benzene rings is 2. The second-order valence-corrected chi connectivity index (χ2v) is 7.79. The molecule has 0 aliphatic carbocycles. The molecule has 7 heteroatoms. The summed E-state index contributed by atoms with van der Waals surface area (Å²) in [4.78, 5) is 4.59. The molecule has 0 bridgehead atoms. The third-order valence-electron chi connectivity index (χ3n) is 4.70. The van der Waals surface area contributed by atoms with E-state index in [1.165, 1.54) is 30.6 Å². The molecule has 0 unspecified atom stereocenters. The molecular weight excluding hydrogens is 410 g/mol. The zero-order valence-corrected chi connectivity index (χ0v) is 19.1. The van der Waals surface area contributed by atoms with E-state index in [0.29, 0.717) is 17.5 Å². The van der Waals surface area contributed by atoms with Crippen LogP contribution < -0.4 is 19.6 Å². The van der Waals surface area contributed by atoms with E-state index in [2.05, 4.69) is 22.4 Å². The molecule has 0 saturated carbocycles. The minimum atomic E-state index is 0.698. The van der Waals surface area contributed by atoms with Crippen molar-refractivity contribution in [2.75, 3.05) is 26.3 Å². The number of para-hydroxylation sites is 1. The molecule has 3 rings (SSSR count). The van der Waals surface area contributed by atoms with Crippen molar-refractivity contribution in [3.63, 3.8) is 0 Å². The van der Waals surface area contributed by atoms with Crippen LogP contribution in [0, 0.1) is 0 Å². The Labute approximate surface area is 187 Å². The molecule has 2 aromatic carbocycles. The van der Waals surface area contributed by atoms with E-state index in [0.717, 1.165) is 34.7 Å². The van der Waals surface area contributed by atoms with Gasteiger partial charge >= 0.3 is 0 Å². The Hall–Kier alpha value is -3.06. The largest absolute Gasteiger partial charge is 0.496 e. The first kappa shape index (κ1) is 22.6. The van der Waals surface area contributed by atoms with E-state index in [4.69, 9.17) is 14.2 Å². The van der Waals surface area contributed by atoms with Gasteiger partial charge in [0.25, 0.3) is 0 Å². The minimum absolute atomic E-state index is 0.698. The summed E-state index contributed by atoms with van der Waals surface area (Å²) in [6.07, 6.45) is 6.42. The monoisotopic (exact) mass is 439 g/mol. The zero-order valence-electron chi connectivity index (χ0n) is 18.3. The van der Waals surface area contributed by atoms with Crippen LogP contribution in [0.5, 0.6) is 17.2 Å². The minimum Gasteiger partial charge on any atom is -0.496 e. The van der Waals surface area contributed by atoms with Crippen molar-refractivity contribution in [2.24, 2.45) is 5.10 Å². The highest BCUT2D eigenvalue weighted by Gasteiger charge is 2.09. The lowest BCUT2D eigenvalue weighted by Gasteiger charge is -2.11. The van der Waals surface area contributed by atoms with Crippen molar-refractivity contribution in [3.05, 3.63) is 53.4 Å². The highest BCUT2D eigenvalue weighted by Crippen LogP contribution is 2.32. The molecule has 164 valence electrons.